The second kappa shape index (κ2) is 6.45. The number of methoxy groups -OCH3 is 2. The predicted molar refractivity (Wildman–Crippen MR) is 83.8 cm³/mol. The van der Waals surface area contributed by atoms with Crippen LogP contribution in [0.15, 0.2) is 37.9 Å². The minimum atomic E-state index is -0.360. The third-order valence-corrected chi connectivity index (χ3v) is 4.04. The second-order valence-corrected chi connectivity index (χ2v) is 5.35. The maximum Gasteiger partial charge on any atom is 0.340 e. The van der Waals surface area contributed by atoms with Gasteiger partial charge in [-0.05, 0) is 40.2 Å². The summed E-state index contributed by atoms with van der Waals surface area (Å²) in [5.41, 5.74) is 0.937. The smallest absolute Gasteiger partial charge is 0.340 e. The summed E-state index contributed by atoms with van der Waals surface area (Å²) in [6.07, 6.45) is 0. The number of halogens is 2. The highest BCUT2D eigenvalue weighted by Crippen LogP contribution is 2.38. The molecular weight excluding hydrogens is 392 g/mol. The molecule has 106 valence electrons. The molecule has 20 heavy (non-hydrogen) atoms. The second-order valence-electron chi connectivity index (χ2n) is 3.93. The van der Waals surface area contributed by atoms with Crippen molar-refractivity contribution in [3.63, 3.8) is 0 Å². The molecule has 0 radical (unpaired) electrons. The van der Waals surface area contributed by atoms with Gasteiger partial charge in [0.25, 0.3) is 0 Å². The van der Waals surface area contributed by atoms with Crippen molar-refractivity contribution in [3.05, 3.63) is 44.7 Å². The molecule has 4 nitrogen and oxygen atoms in total. The van der Waals surface area contributed by atoms with Gasteiger partial charge < -0.3 is 13.9 Å². The SMILES string of the molecule is COc1cc(Br)c(-c2ccc(CBr)c(=O)o2)cc1OC. The lowest BCUT2D eigenvalue weighted by atomic mass is 10.1. The van der Waals surface area contributed by atoms with Gasteiger partial charge >= 0.3 is 5.63 Å². The predicted octanol–water partition coefficient (Wildman–Crippen LogP) is 3.98. The summed E-state index contributed by atoms with van der Waals surface area (Å²) in [6.45, 7) is 0. The van der Waals surface area contributed by atoms with E-state index in [2.05, 4.69) is 31.9 Å². The summed E-state index contributed by atoms with van der Waals surface area (Å²) >= 11 is 6.68. The van der Waals surface area contributed by atoms with Crippen molar-refractivity contribution in [2.45, 2.75) is 5.33 Å². The van der Waals surface area contributed by atoms with Crippen LogP contribution in [-0.4, -0.2) is 14.2 Å². The Hall–Kier alpha value is -1.27. The van der Waals surface area contributed by atoms with Crippen LogP contribution in [-0.2, 0) is 5.33 Å². The van der Waals surface area contributed by atoms with E-state index < -0.39 is 0 Å². The zero-order valence-electron chi connectivity index (χ0n) is 10.9. The number of hydrogen-bond donors (Lipinski definition) is 0. The van der Waals surface area contributed by atoms with Gasteiger partial charge in [0.2, 0.25) is 0 Å². The van der Waals surface area contributed by atoms with E-state index in [1.807, 2.05) is 0 Å². The molecule has 1 aromatic heterocycles. The molecule has 0 aliphatic heterocycles. The first-order valence-corrected chi connectivity index (χ1v) is 7.63. The molecule has 0 amide bonds. The van der Waals surface area contributed by atoms with Crippen molar-refractivity contribution in [2.24, 2.45) is 0 Å². The minimum absolute atomic E-state index is 0.360. The quantitative estimate of drug-likeness (QED) is 0.724. The Labute approximate surface area is 133 Å². The van der Waals surface area contributed by atoms with Crippen LogP contribution in [0.5, 0.6) is 11.5 Å². The average Bonchev–Trinajstić information content (AvgIpc) is 2.46. The van der Waals surface area contributed by atoms with Gasteiger partial charge in [0.05, 0.1) is 14.2 Å². The van der Waals surface area contributed by atoms with Gasteiger partial charge in [0, 0.05) is 20.9 Å². The van der Waals surface area contributed by atoms with E-state index in [4.69, 9.17) is 13.9 Å². The molecule has 6 heteroatoms. The van der Waals surface area contributed by atoms with E-state index in [-0.39, 0.29) is 5.63 Å². The monoisotopic (exact) mass is 402 g/mol. The number of hydrogen-bond acceptors (Lipinski definition) is 4. The Morgan fingerprint density at radius 3 is 2.35 bits per heavy atom. The van der Waals surface area contributed by atoms with Gasteiger partial charge in [-0.15, -0.1) is 0 Å². The fourth-order valence-corrected chi connectivity index (χ4v) is 2.66. The van der Waals surface area contributed by atoms with Gasteiger partial charge in [-0.1, -0.05) is 15.9 Å². The first-order valence-electron chi connectivity index (χ1n) is 5.71. The number of benzene rings is 1. The van der Waals surface area contributed by atoms with E-state index in [1.54, 1.807) is 38.5 Å². The van der Waals surface area contributed by atoms with Gasteiger partial charge in [0.15, 0.2) is 11.5 Å². The highest BCUT2D eigenvalue weighted by atomic mass is 79.9. The van der Waals surface area contributed by atoms with Gasteiger partial charge in [-0.2, -0.15) is 0 Å². The number of rotatable bonds is 4. The molecule has 0 unspecified atom stereocenters. The molecular formula is C14H12Br2O4. The fraction of sp³-hybridized carbons (Fsp3) is 0.214. The van der Waals surface area contributed by atoms with Crippen molar-refractivity contribution >= 4 is 31.9 Å². The molecule has 2 rings (SSSR count). The van der Waals surface area contributed by atoms with Crippen molar-refractivity contribution < 1.29 is 13.9 Å². The summed E-state index contributed by atoms with van der Waals surface area (Å²) in [7, 11) is 3.12. The Morgan fingerprint density at radius 1 is 1.15 bits per heavy atom. The highest BCUT2D eigenvalue weighted by Gasteiger charge is 2.13. The van der Waals surface area contributed by atoms with Crippen LogP contribution in [0.4, 0.5) is 0 Å². The number of alkyl halides is 1. The summed E-state index contributed by atoms with van der Waals surface area (Å²) in [5, 5.41) is 0.461. The van der Waals surface area contributed by atoms with Crippen LogP contribution < -0.4 is 15.1 Å². The molecule has 0 saturated carbocycles. The third-order valence-electron chi connectivity index (χ3n) is 2.78. The van der Waals surface area contributed by atoms with E-state index in [1.165, 1.54) is 0 Å². The maximum atomic E-state index is 11.8. The summed E-state index contributed by atoms with van der Waals surface area (Å²) < 4.78 is 16.6. The molecule has 0 saturated heterocycles. The van der Waals surface area contributed by atoms with Crippen LogP contribution in [0, 0.1) is 0 Å². The van der Waals surface area contributed by atoms with Gasteiger partial charge in [0.1, 0.15) is 5.76 Å². The number of ether oxygens (including phenoxy) is 2. The van der Waals surface area contributed by atoms with E-state index in [0.717, 1.165) is 10.0 Å². The topological polar surface area (TPSA) is 48.7 Å². The normalized spacial score (nSPS) is 10.4. The maximum absolute atomic E-state index is 11.8. The largest absolute Gasteiger partial charge is 0.493 e. The standard InChI is InChI=1S/C14H12Br2O4/c1-18-12-5-9(10(16)6-13(12)19-2)11-4-3-8(7-15)14(17)20-11/h3-6H,7H2,1-2H3. The molecule has 2 aromatic rings. The lowest BCUT2D eigenvalue weighted by Crippen LogP contribution is -2.05. The first-order chi connectivity index (χ1) is 9.60. The zero-order chi connectivity index (χ0) is 14.7. The summed E-state index contributed by atoms with van der Waals surface area (Å²) in [6, 6.07) is 7.02. The fourth-order valence-electron chi connectivity index (χ4n) is 1.73. The molecule has 0 fully saturated rings. The molecule has 0 bridgehead atoms. The van der Waals surface area contributed by atoms with Crippen LogP contribution in [0.3, 0.4) is 0 Å². The van der Waals surface area contributed by atoms with Crippen molar-refractivity contribution in [1.82, 2.24) is 0 Å². The summed E-state index contributed by atoms with van der Waals surface area (Å²) in [5.74, 6) is 1.63. The first kappa shape index (κ1) is 15.1. The Morgan fingerprint density at radius 2 is 1.80 bits per heavy atom. The molecule has 0 atom stereocenters. The molecule has 0 aliphatic rings. The Balaban J connectivity index is 2.57. The van der Waals surface area contributed by atoms with Crippen LogP contribution in [0.25, 0.3) is 11.3 Å². The van der Waals surface area contributed by atoms with E-state index in [9.17, 15) is 4.79 Å². The van der Waals surface area contributed by atoms with E-state index >= 15 is 0 Å². The Bertz CT molecular complexity index is 679. The average molecular weight is 404 g/mol. The third kappa shape index (κ3) is 2.91. The van der Waals surface area contributed by atoms with Crippen molar-refractivity contribution in [1.29, 1.82) is 0 Å². The van der Waals surface area contributed by atoms with Gasteiger partial charge in [-0.25, -0.2) is 4.79 Å². The lowest BCUT2D eigenvalue weighted by Gasteiger charge is -2.11. The molecule has 1 aromatic carbocycles. The molecule has 0 N–H and O–H groups in total. The van der Waals surface area contributed by atoms with Crippen LogP contribution >= 0.6 is 31.9 Å². The Kier molecular flexibility index (Phi) is 4.88. The molecule has 0 aliphatic carbocycles. The van der Waals surface area contributed by atoms with E-state index in [0.29, 0.717) is 28.2 Å². The molecule has 1 heterocycles. The summed E-state index contributed by atoms with van der Waals surface area (Å²) in [4.78, 5) is 11.8. The van der Waals surface area contributed by atoms with Crippen LogP contribution in [0.2, 0.25) is 0 Å². The minimum Gasteiger partial charge on any atom is -0.493 e. The highest BCUT2D eigenvalue weighted by molar-refractivity contribution is 9.10. The molecule has 0 spiro atoms. The van der Waals surface area contributed by atoms with Crippen molar-refractivity contribution in [3.8, 4) is 22.8 Å². The van der Waals surface area contributed by atoms with Gasteiger partial charge in [-0.3, -0.25) is 0 Å². The van der Waals surface area contributed by atoms with Crippen LogP contribution in [0.1, 0.15) is 5.56 Å². The lowest BCUT2D eigenvalue weighted by molar-refractivity contribution is 0.354. The van der Waals surface area contributed by atoms with Crippen molar-refractivity contribution in [2.75, 3.05) is 14.2 Å². The zero-order valence-corrected chi connectivity index (χ0v) is 14.1.